The van der Waals surface area contributed by atoms with Crippen molar-refractivity contribution in [1.29, 1.82) is 0 Å². The normalized spacial score (nSPS) is 28.1. The van der Waals surface area contributed by atoms with Gasteiger partial charge in [-0.2, -0.15) is 8.42 Å². The lowest BCUT2D eigenvalue weighted by Gasteiger charge is -2.33. The van der Waals surface area contributed by atoms with Crippen molar-refractivity contribution in [2.45, 2.75) is 38.0 Å². The van der Waals surface area contributed by atoms with Crippen LogP contribution < -0.4 is 0 Å². The first kappa shape index (κ1) is 15.6. The van der Waals surface area contributed by atoms with E-state index >= 15 is 0 Å². The smallest absolute Gasteiger partial charge is 0.294 e. The molecule has 1 N–H and O–H groups in total. The molecule has 0 amide bonds. The van der Waals surface area contributed by atoms with E-state index < -0.39 is 32.0 Å². The lowest BCUT2D eigenvalue weighted by atomic mass is 9.79. The Bertz CT molecular complexity index is 481. The van der Waals surface area contributed by atoms with Crippen LogP contribution in [0.25, 0.3) is 0 Å². The van der Waals surface area contributed by atoms with Crippen molar-refractivity contribution < 1.29 is 22.9 Å². The summed E-state index contributed by atoms with van der Waals surface area (Å²) < 4.78 is 30.9. The molecule has 1 aliphatic rings. The van der Waals surface area contributed by atoms with Gasteiger partial charge in [-0.15, -0.1) is 10.1 Å². The lowest BCUT2D eigenvalue weighted by Crippen LogP contribution is -2.35. The van der Waals surface area contributed by atoms with E-state index in [0.29, 0.717) is 12.8 Å². The zero-order valence-corrected chi connectivity index (χ0v) is 11.5. The van der Waals surface area contributed by atoms with Crippen LogP contribution >= 0.6 is 0 Å². The minimum Gasteiger partial charge on any atom is -0.309 e. The van der Waals surface area contributed by atoms with Crippen molar-refractivity contribution in [1.82, 2.24) is 0 Å². The average Bonchev–Trinajstić information content (AvgIpc) is 2.27. The molecule has 1 aliphatic carbocycles. The summed E-state index contributed by atoms with van der Waals surface area (Å²) in [5.41, 5.74) is -0.774. The topological polar surface area (TPSA) is 107 Å². The molecule has 0 spiro atoms. The maximum atomic E-state index is 11.0. The van der Waals surface area contributed by atoms with Gasteiger partial charge in [-0.3, -0.25) is 4.55 Å². The summed E-state index contributed by atoms with van der Waals surface area (Å²) in [4.78, 5) is 15.2. The molecule has 0 aliphatic heterocycles. The van der Waals surface area contributed by atoms with E-state index in [4.69, 9.17) is 4.55 Å². The molecule has 108 valence electrons. The standard InChI is InChI=1S/C11H17NO6S/c1-3-4-10(18-12(13)14)11(2)7-5-9(6-8-11)19(15,16)17/h5-10H,3-4H2,1-2H3,(H,15,16,17). The molecule has 0 aromatic heterocycles. The van der Waals surface area contributed by atoms with Gasteiger partial charge in [0, 0.05) is 5.41 Å². The Labute approximate surface area is 111 Å². The van der Waals surface area contributed by atoms with Crippen LogP contribution in [0.4, 0.5) is 0 Å². The number of hydrogen-bond donors (Lipinski definition) is 1. The van der Waals surface area contributed by atoms with Crippen molar-refractivity contribution in [3.05, 3.63) is 34.4 Å². The lowest BCUT2D eigenvalue weighted by molar-refractivity contribution is -0.771. The van der Waals surface area contributed by atoms with E-state index in [1.165, 1.54) is 24.3 Å². The van der Waals surface area contributed by atoms with Crippen LogP contribution in [0.3, 0.4) is 0 Å². The summed E-state index contributed by atoms with van der Waals surface area (Å²) in [5.74, 6) is 0. The van der Waals surface area contributed by atoms with Crippen molar-refractivity contribution in [3.8, 4) is 0 Å². The molecule has 0 aromatic carbocycles. The SMILES string of the molecule is CCCC(O[N+](=O)[O-])C1(C)C=CC(S(=O)(=O)O)C=C1. The molecular weight excluding hydrogens is 274 g/mol. The van der Waals surface area contributed by atoms with E-state index in [0.717, 1.165) is 0 Å². The fourth-order valence-electron chi connectivity index (χ4n) is 1.98. The molecule has 0 fully saturated rings. The second-order valence-electron chi connectivity index (χ2n) is 4.67. The van der Waals surface area contributed by atoms with Crippen LogP contribution in [0.15, 0.2) is 24.3 Å². The van der Waals surface area contributed by atoms with Gasteiger partial charge in [-0.1, -0.05) is 44.6 Å². The van der Waals surface area contributed by atoms with Crippen molar-refractivity contribution in [2.75, 3.05) is 0 Å². The zero-order valence-electron chi connectivity index (χ0n) is 10.7. The molecule has 0 aromatic rings. The van der Waals surface area contributed by atoms with Gasteiger partial charge in [-0.25, -0.2) is 0 Å². The van der Waals surface area contributed by atoms with Gasteiger partial charge in [-0.05, 0) is 6.42 Å². The number of hydrogen-bond acceptors (Lipinski definition) is 5. The first-order valence-corrected chi connectivity index (χ1v) is 7.35. The Balaban J connectivity index is 2.93. The van der Waals surface area contributed by atoms with E-state index in [1.807, 2.05) is 6.92 Å². The molecule has 1 unspecified atom stereocenters. The fraction of sp³-hybridized carbons (Fsp3) is 0.636. The predicted molar refractivity (Wildman–Crippen MR) is 68.5 cm³/mol. The number of nitrogens with zero attached hydrogens (tertiary/aromatic N) is 1. The molecule has 8 heteroatoms. The van der Waals surface area contributed by atoms with Crippen LogP contribution in [-0.4, -0.2) is 29.4 Å². The Kier molecular flexibility index (Phi) is 4.70. The third-order valence-corrected chi connectivity index (χ3v) is 4.09. The maximum Gasteiger partial charge on any atom is 0.294 e. The van der Waals surface area contributed by atoms with Gasteiger partial charge in [0.25, 0.3) is 15.2 Å². The number of rotatable bonds is 6. The summed E-state index contributed by atoms with van der Waals surface area (Å²) in [5, 5.41) is 8.53. The summed E-state index contributed by atoms with van der Waals surface area (Å²) in [7, 11) is -4.19. The van der Waals surface area contributed by atoms with Gasteiger partial charge in [0.2, 0.25) is 0 Å². The third-order valence-electron chi connectivity index (χ3n) is 3.09. The van der Waals surface area contributed by atoms with Gasteiger partial charge in [0.15, 0.2) is 0 Å². The maximum absolute atomic E-state index is 11.0. The van der Waals surface area contributed by atoms with Gasteiger partial charge >= 0.3 is 0 Å². The Morgan fingerprint density at radius 3 is 2.37 bits per heavy atom. The molecule has 7 nitrogen and oxygen atoms in total. The van der Waals surface area contributed by atoms with Crippen LogP contribution in [0, 0.1) is 15.5 Å². The second kappa shape index (κ2) is 5.70. The molecule has 0 radical (unpaired) electrons. The third kappa shape index (κ3) is 4.03. The molecule has 0 saturated heterocycles. The van der Waals surface area contributed by atoms with Crippen LogP contribution in [-0.2, 0) is 15.0 Å². The first-order valence-electron chi connectivity index (χ1n) is 5.85. The van der Waals surface area contributed by atoms with Gasteiger partial charge in [0.05, 0.1) is 0 Å². The summed E-state index contributed by atoms with van der Waals surface area (Å²) in [6, 6.07) is 0. The highest BCUT2D eigenvalue weighted by atomic mass is 32.2. The van der Waals surface area contributed by atoms with Crippen LogP contribution in [0.1, 0.15) is 26.7 Å². The van der Waals surface area contributed by atoms with Crippen molar-refractivity contribution in [2.24, 2.45) is 5.41 Å². The molecule has 19 heavy (non-hydrogen) atoms. The van der Waals surface area contributed by atoms with Crippen LogP contribution in [0.2, 0.25) is 0 Å². The van der Waals surface area contributed by atoms with E-state index in [9.17, 15) is 18.5 Å². The molecule has 1 rings (SSSR count). The molecule has 0 heterocycles. The summed E-state index contributed by atoms with van der Waals surface area (Å²) >= 11 is 0. The highest BCUT2D eigenvalue weighted by Gasteiger charge is 2.35. The van der Waals surface area contributed by atoms with E-state index in [2.05, 4.69) is 4.84 Å². The van der Waals surface area contributed by atoms with Gasteiger partial charge < -0.3 is 4.84 Å². The summed E-state index contributed by atoms with van der Waals surface area (Å²) in [6.07, 6.45) is 6.12. The van der Waals surface area contributed by atoms with Crippen molar-refractivity contribution in [3.63, 3.8) is 0 Å². The highest BCUT2D eigenvalue weighted by molar-refractivity contribution is 7.86. The highest BCUT2D eigenvalue weighted by Crippen LogP contribution is 2.34. The first-order chi connectivity index (χ1) is 8.69. The summed E-state index contributed by atoms with van der Waals surface area (Å²) in [6.45, 7) is 3.58. The minimum atomic E-state index is -4.19. The van der Waals surface area contributed by atoms with Crippen LogP contribution in [0.5, 0.6) is 0 Å². The van der Waals surface area contributed by atoms with E-state index in [-0.39, 0.29) is 0 Å². The largest absolute Gasteiger partial charge is 0.309 e. The fourth-order valence-corrected chi connectivity index (χ4v) is 2.53. The van der Waals surface area contributed by atoms with Gasteiger partial charge in [0.1, 0.15) is 11.4 Å². The van der Waals surface area contributed by atoms with Crippen molar-refractivity contribution >= 4 is 10.1 Å². The van der Waals surface area contributed by atoms with E-state index in [1.54, 1.807) is 6.92 Å². The molecule has 0 saturated carbocycles. The monoisotopic (exact) mass is 291 g/mol. The minimum absolute atomic E-state index is 0.461. The second-order valence-corrected chi connectivity index (χ2v) is 6.24. The quantitative estimate of drug-likeness (QED) is 0.346. The molecule has 0 bridgehead atoms. The molecular formula is C11H17NO6S. The molecule has 1 atom stereocenters. The predicted octanol–water partition coefficient (Wildman–Crippen LogP) is 1.75. The Hall–Kier alpha value is -1.41. The zero-order chi connectivity index (χ0) is 14.7. The Morgan fingerprint density at radius 1 is 1.47 bits per heavy atom. The Morgan fingerprint density at radius 2 is 2.00 bits per heavy atom. The average molecular weight is 291 g/mol.